The van der Waals surface area contributed by atoms with E-state index in [1.54, 1.807) is 0 Å². The normalized spacial score (nSPS) is 10.8. The lowest BCUT2D eigenvalue weighted by Crippen LogP contribution is -2.01. The fourth-order valence-electron chi connectivity index (χ4n) is 2.04. The summed E-state index contributed by atoms with van der Waals surface area (Å²) in [5.41, 5.74) is 0. The first-order valence-electron chi connectivity index (χ1n) is 7.51. The van der Waals surface area contributed by atoms with Crippen LogP contribution in [0.3, 0.4) is 0 Å². The first-order valence-corrected chi connectivity index (χ1v) is 7.51. The molecule has 5 nitrogen and oxygen atoms in total. The van der Waals surface area contributed by atoms with Crippen molar-refractivity contribution < 1.29 is 9.26 Å². The van der Waals surface area contributed by atoms with E-state index in [4.69, 9.17) is 4.74 Å². The minimum atomic E-state index is -0.571. The van der Waals surface area contributed by atoms with E-state index in [0.717, 1.165) is 12.8 Å². The zero-order chi connectivity index (χ0) is 13.8. The molecule has 0 atom stereocenters. The van der Waals surface area contributed by atoms with E-state index < -0.39 is 5.76 Å². The highest BCUT2D eigenvalue weighted by Crippen LogP contribution is 2.10. The van der Waals surface area contributed by atoms with E-state index in [-0.39, 0.29) is 6.01 Å². The maximum Gasteiger partial charge on any atom is 0.441 e. The van der Waals surface area contributed by atoms with E-state index in [1.807, 2.05) is 0 Å². The molecule has 0 saturated carbocycles. The van der Waals surface area contributed by atoms with Crippen molar-refractivity contribution in [3.05, 3.63) is 10.6 Å². The Morgan fingerprint density at radius 1 is 1.00 bits per heavy atom. The van der Waals surface area contributed by atoms with Gasteiger partial charge in [0.1, 0.15) is 0 Å². The average Bonchev–Trinajstić information content (AvgIpc) is 2.82. The molecule has 0 aliphatic heterocycles. The van der Waals surface area contributed by atoms with Crippen LogP contribution in [0.4, 0.5) is 0 Å². The summed E-state index contributed by atoms with van der Waals surface area (Å²) in [6, 6.07) is 0.181. The van der Waals surface area contributed by atoms with Gasteiger partial charge in [0.15, 0.2) is 0 Å². The molecule has 19 heavy (non-hydrogen) atoms. The molecule has 0 unspecified atom stereocenters. The molecular weight excluding hydrogens is 244 g/mol. The first-order chi connectivity index (χ1) is 9.33. The number of unbranched alkanes of at least 4 members (excludes halogenated alkanes) is 9. The Kier molecular flexibility index (Phi) is 8.85. The van der Waals surface area contributed by atoms with Crippen LogP contribution in [0.2, 0.25) is 0 Å². The van der Waals surface area contributed by atoms with Gasteiger partial charge in [-0.05, 0) is 11.6 Å². The molecule has 0 aliphatic rings. The third-order valence-electron chi connectivity index (χ3n) is 3.16. The van der Waals surface area contributed by atoms with Gasteiger partial charge in [-0.3, -0.25) is 4.52 Å². The van der Waals surface area contributed by atoms with E-state index in [0.29, 0.717) is 6.61 Å². The Hall–Kier alpha value is -1.26. The lowest BCUT2D eigenvalue weighted by Gasteiger charge is -2.02. The number of nitrogens with one attached hydrogen (secondary N) is 1. The monoisotopic (exact) mass is 270 g/mol. The molecule has 0 aromatic carbocycles. The molecule has 1 N–H and O–H groups in total. The Morgan fingerprint density at radius 3 is 2.11 bits per heavy atom. The summed E-state index contributed by atoms with van der Waals surface area (Å²) in [6.07, 6.45) is 12.9. The Labute approximate surface area is 114 Å². The van der Waals surface area contributed by atoms with Crippen LogP contribution in [0, 0.1) is 0 Å². The zero-order valence-corrected chi connectivity index (χ0v) is 12.0. The number of ether oxygens (including phenoxy) is 1. The number of hydrogen-bond donors (Lipinski definition) is 1. The summed E-state index contributed by atoms with van der Waals surface area (Å²) in [6.45, 7) is 2.83. The van der Waals surface area contributed by atoms with Crippen LogP contribution in [-0.4, -0.2) is 16.7 Å². The molecule has 1 rings (SSSR count). The SMILES string of the molecule is CCCCCCCCCCCCOc1noc(=O)[nH]1. The van der Waals surface area contributed by atoms with E-state index in [1.165, 1.54) is 51.4 Å². The van der Waals surface area contributed by atoms with Crippen LogP contribution in [-0.2, 0) is 0 Å². The number of aromatic amines is 1. The summed E-state index contributed by atoms with van der Waals surface area (Å²) < 4.78 is 9.57. The molecule has 1 aromatic heterocycles. The topological polar surface area (TPSA) is 68.1 Å². The van der Waals surface area contributed by atoms with Crippen LogP contribution in [0.25, 0.3) is 0 Å². The van der Waals surface area contributed by atoms with E-state index in [2.05, 4.69) is 21.6 Å². The fraction of sp³-hybridized carbons (Fsp3) is 0.857. The van der Waals surface area contributed by atoms with Crippen LogP contribution < -0.4 is 10.5 Å². The minimum Gasteiger partial charge on any atom is -0.463 e. The van der Waals surface area contributed by atoms with Gasteiger partial charge in [-0.15, -0.1) is 0 Å². The average molecular weight is 270 g/mol. The molecule has 0 spiro atoms. The van der Waals surface area contributed by atoms with Crippen molar-refractivity contribution in [2.24, 2.45) is 0 Å². The van der Waals surface area contributed by atoms with E-state index >= 15 is 0 Å². The lowest BCUT2D eigenvalue weighted by molar-refractivity contribution is 0.263. The quantitative estimate of drug-likeness (QED) is 0.588. The second-order valence-corrected chi connectivity index (χ2v) is 4.93. The van der Waals surface area contributed by atoms with Gasteiger partial charge >= 0.3 is 11.8 Å². The van der Waals surface area contributed by atoms with Crippen LogP contribution in [0.5, 0.6) is 6.01 Å². The number of aromatic nitrogens is 2. The van der Waals surface area contributed by atoms with Gasteiger partial charge in [0.2, 0.25) is 0 Å². The Balaban J connectivity index is 1.80. The van der Waals surface area contributed by atoms with Gasteiger partial charge in [-0.25, -0.2) is 9.78 Å². The smallest absolute Gasteiger partial charge is 0.441 e. The molecule has 110 valence electrons. The van der Waals surface area contributed by atoms with Crippen LogP contribution in [0.15, 0.2) is 9.32 Å². The van der Waals surface area contributed by atoms with E-state index in [9.17, 15) is 4.79 Å². The second kappa shape index (κ2) is 10.6. The second-order valence-electron chi connectivity index (χ2n) is 4.93. The largest absolute Gasteiger partial charge is 0.463 e. The number of hydrogen-bond acceptors (Lipinski definition) is 4. The predicted molar refractivity (Wildman–Crippen MR) is 74.5 cm³/mol. The number of rotatable bonds is 12. The fourth-order valence-corrected chi connectivity index (χ4v) is 2.04. The van der Waals surface area contributed by atoms with Crippen molar-refractivity contribution in [2.45, 2.75) is 71.1 Å². The standard InChI is InChI=1S/C14H26N2O3/c1-2-3-4-5-6-7-8-9-10-11-12-18-13-15-14(17)19-16-13/h2-12H2,1H3,(H,15,16,17). The molecule has 0 fully saturated rings. The zero-order valence-electron chi connectivity index (χ0n) is 12.0. The molecule has 1 heterocycles. The molecule has 5 heteroatoms. The van der Waals surface area contributed by atoms with Crippen LogP contribution >= 0.6 is 0 Å². The van der Waals surface area contributed by atoms with Crippen LogP contribution in [0.1, 0.15) is 71.1 Å². The molecule has 0 radical (unpaired) electrons. The van der Waals surface area contributed by atoms with Crippen molar-refractivity contribution in [3.63, 3.8) is 0 Å². The van der Waals surface area contributed by atoms with Crippen molar-refractivity contribution in [1.29, 1.82) is 0 Å². The molecule has 0 bridgehead atoms. The van der Waals surface area contributed by atoms with Crippen molar-refractivity contribution in [2.75, 3.05) is 6.61 Å². The van der Waals surface area contributed by atoms with Crippen molar-refractivity contribution in [3.8, 4) is 6.01 Å². The summed E-state index contributed by atoms with van der Waals surface area (Å²) in [5, 5.41) is 3.43. The van der Waals surface area contributed by atoms with Gasteiger partial charge in [0, 0.05) is 0 Å². The minimum absolute atomic E-state index is 0.181. The maximum absolute atomic E-state index is 10.6. The molecular formula is C14H26N2O3. The molecule has 0 aliphatic carbocycles. The predicted octanol–water partition coefficient (Wildman–Crippen LogP) is 3.66. The highest BCUT2D eigenvalue weighted by molar-refractivity contribution is 4.83. The summed E-state index contributed by atoms with van der Waals surface area (Å²) >= 11 is 0. The third-order valence-corrected chi connectivity index (χ3v) is 3.16. The molecule has 0 amide bonds. The number of nitrogens with zero attached hydrogens (tertiary/aromatic N) is 1. The van der Waals surface area contributed by atoms with Crippen molar-refractivity contribution >= 4 is 0 Å². The van der Waals surface area contributed by atoms with Gasteiger partial charge in [-0.1, -0.05) is 64.7 Å². The Bertz CT molecular complexity index is 360. The first kappa shape index (κ1) is 15.8. The molecule has 1 aromatic rings. The van der Waals surface area contributed by atoms with Gasteiger partial charge in [-0.2, -0.15) is 0 Å². The summed E-state index contributed by atoms with van der Waals surface area (Å²) in [4.78, 5) is 13.0. The van der Waals surface area contributed by atoms with Gasteiger partial charge in [0.25, 0.3) is 0 Å². The van der Waals surface area contributed by atoms with Crippen molar-refractivity contribution in [1.82, 2.24) is 10.1 Å². The summed E-state index contributed by atoms with van der Waals surface area (Å²) in [7, 11) is 0. The highest BCUT2D eigenvalue weighted by atomic mass is 16.6. The lowest BCUT2D eigenvalue weighted by atomic mass is 10.1. The van der Waals surface area contributed by atoms with Gasteiger partial charge in [0.05, 0.1) is 6.61 Å². The maximum atomic E-state index is 10.6. The summed E-state index contributed by atoms with van der Waals surface area (Å²) in [5.74, 6) is -0.571. The number of H-pyrrole nitrogens is 1. The third kappa shape index (κ3) is 8.46. The Morgan fingerprint density at radius 2 is 1.58 bits per heavy atom. The van der Waals surface area contributed by atoms with Gasteiger partial charge < -0.3 is 4.74 Å². The highest BCUT2D eigenvalue weighted by Gasteiger charge is 1.99. The molecule has 0 saturated heterocycles.